The van der Waals surface area contributed by atoms with Crippen molar-refractivity contribution in [2.24, 2.45) is 0 Å². The molecule has 0 fully saturated rings. The highest BCUT2D eigenvalue weighted by molar-refractivity contribution is 6.76. The fraction of sp³-hybridized carbons (Fsp3) is 0.529. The smallest absolute Gasteiger partial charge is 0.265 e. The van der Waals surface area contributed by atoms with Gasteiger partial charge in [0.25, 0.3) is 3.79 Å². The van der Waals surface area contributed by atoms with Gasteiger partial charge in [0, 0.05) is 20.2 Å². The molecule has 0 amide bonds. The van der Waals surface area contributed by atoms with Crippen LogP contribution in [0.25, 0.3) is 11.0 Å². The van der Waals surface area contributed by atoms with Gasteiger partial charge < -0.3 is 14.0 Å². The van der Waals surface area contributed by atoms with Gasteiger partial charge in [-0.15, -0.1) is 0 Å². The second-order valence-corrected chi connectivity index (χ2v) is 15.8. The zero-order valence-electron chi connectivity index (χ0n) is 16.3. The summed E-state index contributed by atoms with van der Waals surface area (Å²) in [6.45, 7) is 9.98. The summed E-state index contributed by atoms with van der Waals surface area (Å²) >= 11 is 17.2. The molecule has 1 heterocycles. The van der Waals surface area contributed by atoms with Crippen LogP contribution in [0.2, 0.25) is 25.7 Å². The predicted molar refractivity (Wildman–Crippen MR) is 120 cm³/mol. The summed E-state index contributed by atoms with van der Waals surface area (Å²) in [6, 6.07) is 5.15. The zero-order valence-corrected chi connectivity index (χ0v) is 19.5. The summed E-state index contributed by atoms with van der Waals surface area (Å²) in [7, 11) is 0.883. The first-order valence-corrected chi connectivity index (χ1v) is 13.6. The molecule has 5 nitrogen and oxygen atoms in total. The standard InChI is InChI=1S/C17H25BCl3N3O2Si/c1-11(26-16(22)17(19,20)21)13-7-12(18)8-14-15(13)23-9-24(14)10-25-5-6-27(2,3)4/h7-9,11,22H,5-6,10,18H2,1-4H3. The van der Waals surface area contributed by atoms with Crippen LogP contribution in [0, 0.1) is 5.41 Å². The van der Waals surface area contributed by atoms with Crippen LogP contribution in [0.15, 0.2) is 18.5 Å². The van der Waals surface area contributed by atoms with Crippen LogP contribution in [0.4, 0.5) is 0 Å². The van der Waals surface area contributed by atoms with Crippen LogP contribution in [0.1, 0.15) is 18.6 Å². The highest BCUT2D eigenvalue weighted by Crippen LogP contribution is 2.32. The minimum atomic E-state index is -1.89. The molecule has 2 rings (SSSR count). The van der Waals surface area contributed by atoms with Gasteiger partial charge in [-0.1, -0.05) is 66.0 Å². The van der Waals surface area contributed by atoms with Gasteiger partial charge in [-0.3, -0.25) is 5.41 Å². The second kappa shape index (κ2) is 8.74. The number of aromatic nitrogens is 2. The van der Waals surface area contributed by atoms with Crippen molar-refractivity contribution in [3.8, 4) is 0 Å². The monoisotopic (exact) mass is 447 g/mol. The fourth-order valence-corrected chi connectivity index (χ4v) is 3.49. The van der Waals surface area contributed by atoms with Gasteiger partial charge in [-0.25, -0.2) is 4.98 Å². The number of nitrogens with one attached hydrogen (secondary N) is 1. The van der Waals surface area contributed by atoms with Crippen molar-refractivity contribution in [2.45, 2.75) is 49.2 Å². The maximum absolute atomic E-state index is 7.79. The average molecular weight is 449 g/mol. The van der Waals surface area contributed by atoms with Gasteiger partial charge in [0.05, 0.1) is 17.4 Å². The number of benzene rings is 1. The number of rotatable bonds is 7. The molecule has 0 radical (unpaired) electrons. The third kappa shape index (κ3) is 6.39. The second-order valence-electron chi connectivity index (χ2n) is 7.87. The van der Waals surface area contributed by atoms with Crippen molar-refractivity contribution in [3.05, 3.63) is 24.0 Å². The molecule has 1 unspecified atom stereocenters. The van der Waals surface area contributed by atoms with Crippen molar-refractivity contribution in [2.75, 3.05) is 6.61 Å². The lowest BCUT2D eigenvalue weighted by Crippen LogP contribution is -2.23. The summed E-state index contributed by atoms with van der Waals surface area (Å²) in [5.74, 6) is -0.413. The molecule has 0 bridgehead atoms. The topological polar surface area (TPSA) is 60.1 Å². The van der Waals surface area contributed by atoms with Crippen LogP contribution in [-0.2, 0) is 16.2 Å². The van der Waals surface area contributed by atoms with E-state index in [1.54, 1.807) is 6.33 Å². The molecule has 27 heavy (non-hydrogen) atoms. The van der Waals surface area contributed by atoms with Gasteiger partial charge in [0.2, 0.25) is 5.90 Å². The van der Waals surface area contributed by atoms with E-state index in [2.05, 4.69) is 30.7 Å². The molecule has 0 spiro atoms. The van der Waals surface area contributed by atoms with E-state index in [-0.39, 0.29) is 0 Å². The molecule has 148 valence electrons. The van der Waals surface area contributed by atoms with Crippen molar-refractivity contribution in [1.82, 2.24) is 9.55 Å². The first kappa shape index (κ1) is 22.6. The summed E-state index contributed by atoms with van der Waals surface area (Å²) in [6.07, 6.45) is 1.28. The molecule has 2 aromatic rings. The maximum Gasteiger partial charge on any atom is 0.265 e. The molecule has 1 N–H and O–H groups in total. The summed E-state index contributed by atoms with van der Waals surface area (Å²) < 4.78 is 11.5. The molecule has 10 heteroatoms. The van der Waals surface area contributed by atoms with E-state index in [1.807, 2.05) is 25.4 Å². The third-order valence-corrected chi connectivity index (χ3v) is 6.34. The Morgan fingerprint density at radius 2 is 2.00 bits per heavy atom. The Balaban J connectivity index is 2.20. The van der Waals surface area contributed by atoms with E-state index < -0.39 is 23.9 Å². The van der Waals surface area contributed by atoms with Crippen molar-refractivity contribution < 1.29 is 9.47 Å². The number of imidazole rings is 1. The quantitative estimate of drug-likeness (QED) is 0.229. The van der Waals surface area contributed by atoms with Crippen LogP contribution < -0.4 is 5.46 Å². The lowest BCUT2D eigenvalue weighted by atomic mass is 9.92. The van der Waals surface area contributed by atoms with E-state index in [4.69, 9.17) is 49.7 Å². The predicted octanol–water partition coefficient (Wildman–Crippen LogP) is 4.03. The number of hydrogen-bond acceptors (Lipinski definition) is 4. The Morgan fingerprint density at radius 3 is 2.59 bits per heavy atom. The van der Waals surface area contributed by atoms with Crippen LogP contribution in [0.5, 0.6) is 0 Å². The molecule has 1 aromatic heterocycles. The molecule has 0 saturated carbocycles. The first-order chi connectivity index (χ1) is 12.4. The minimum absolute atomic E-state index is 0.413. The lowest BCUT2D eigenvalue weighted by Gasteiger charge is -2.20. The Bertz CT molecular complexity index is 818. The number of fused-ring (bicyclic) bond motifs is 1. The van der Waals surface area contributed by atoms with Gasteiger partial charge in [0.15, 0.2) is 0 Å². The highest BCUT2D eigenvalue weighted by atomic mass is 35.6. The van der Waals surface area contributed by atoms with Crippen LogP contribution >= 0.6 is 34.8 Å². The number of nitrogens with zero attached hydrogens (tertiary/aromatic N) is 2. The van der Waals surface area contributed by atoms with E-state index in [0.29, 0.717) is 6.73 Å². The van der Waals surface area contributed by atoms with E-state index in [9.17, 15) is 0 Å². The first-order valence-electron chi connectivity index (χ1n) is 8.74. The van der Waals surface area contributed by atoms with Gasteiger partial charge in [0.1, 0.15) is 20.7 Å². The average Bonchev–Trinajstić information content (AvgIpc) is 2.91. The molecule has 0 saturated heterocycles. The molecule has 0 aliphatic carbocycles. The van der Waals surface area contributed by atoms with Crippen molar-refractivity contribution >= 4 is 73.1 Å². The van der Waals surface area contributed by atoms with Crippen molar-refractivity contribution in [1.29, 1.82) is 5.41 Å². The number of ether oxygens (including phenoxy) is 2. The van der Waals surface area contributed by atoms with Crippen molar-refractivity contribution in [3.63, 3.8) is 0 Å². The summed E-state index contributed by atoms with van der Waals surface area (Å²) in [5, 5.41) is 7.79. The molecule has 0 aliphatic heterocycles. The number of halogens is 3. The highest BCUT2D eigenvalue weighted by Gasteiger charge is 2.30. The lowest BCUT2D eigenvalue weighted by molar-refractivity contribution is 0.0898. The summed E-state index contributed by atoms with van der Waals surface area (Å²) in [5.41, 5.74) is 3.63. The van der Waals surface area contributed by atoms with E-state index >= 15 is 0 Å². The Labute approximate surface area is 177 Å². The molecule has 1 aromatic carbocycles. The Morgan fingerprint density at radius 1 is 1.33 bits per heavy atom. The van der Waals surface area contributed by atoms with Gasteiger partial charge in [-0.05, 0) is 19.0 Å². The Kier molecular flexibility index (Phi) is 7.30. The largest absolute Gasteiger partial charge is 0.470 e. The molecule has 0 aliphatic rings. The minimum Gasteiger partial charge on any atom is -0.470 e. The number of alkyl halides is 3. The summed E-state index contributed by atoms with van der Waals surface area (Å²) in [4.78, 5) is 4.52. The van der Waals surface area contributed by atoms with Gasteiger partial charge in [-0.2, -0.15) is 0 Å². The maximum atomic E-state index is 7.79. The molecular formula is C17H25BCl3N3O2Si. The van der Waals surface area contributed by atoms with E-state index in [0.717, 1.165) is 34.7 Å². The molecular weight excluding hydrogens is 423 g/mol. The third-order valence-electron chi connectivity index (χ3n) is 4.12. The SMILES string of the molecule is Bc1cc(C(C)OC(=N)C(Cl)(Cl)Cl)c2ncn(COCC[Si](C)(C)C)c2c1. The fourth-order valence-electron chi connectivity index (χ4n) is 2.60. The van der Waals surface area contributed by atoms with E-state index in [1.165, 1.54) is 0 Å². The molecule has 1 atom stereocenters. The number of hydrogen-bond donors (Lipinski definition) is 1. The van der Waals surface area contributed by atoms with Gasteiger partial charge >= 0.3 is 0 Å². The normalized spacial score (nSPS) is 13.7. The zero-order chi connectivity index (χ0) is 20.4. The van der Waals surface area contributed by atoms with Crippen LogP contribution in [0.3, 0.4) is 0 Å². The van der Waals surface area contributed by atoms with Crippen LogP contribution in [-0.4, -0.2) is 41.8 Å². The Hall–Kier alpha value is -0.728.